The SMILES string of the molecule is CCCc1nc(N)c(C)c(NCCc2ccccc2F)n1. The Bertz CT molecular complexity index is 613. The van der Waals surface area contributed by atoms with E-state index in [2.05, 4.69) is 22.2 Å². The van der Waals surface area contributed by atoms with Gasteiger partial charge >= 0.3 is 0 Å². The molecule has 2 rings (SSSR count). The Morgan fingerprint density at radius 1 is 1.19 bits per heavy atom. The van der Waals surface area contributed by atoms with Gasteiger partial charge in [-0.15, -0.1) is 0 Å². The zero-order chi connectivity index (χ0) is 15.2. The van der Waals surface area contributed by atoms with E-state index in [1.807, 2.05) is 13.0 Å². The summed E-state index contributed by atoms with van der Waals surface area (Å²) in [7, 11) is 0. The molecule has 3 N–H and O–H groups in total. The van der Waals surface area contributed by atoms with E-state index in [1.54, 1.807) is 12.1 Å². The smallest absolute Gasteiger partial charge is 0.134 e. The molecule has 0 radical (unpaired) electrons. The number of halogens is 1. The van der Waals surface area contributed by atoms with Crippen LogP contribution in [0.5, 0.6) is 0 Å². The Morgan fingerprint density at radius 2 is 1.95 bits per heavy atom. The number of hydrogen-bond donors (Lipinski definition) is 2. The lowest BCUT2D eigenvalue weighted by Crippen LogP contribution is -2.12. The van der Waals surface area contributed by atoms with E-state index in [9.17, 15) is 4.39 Å². The Balaban J connectivity index is 2.04. The third-order valence-corrected chi connectivity index (χ3v) is 3.35. The standard InChI is InChI=1S/C16H21FN4/c1-3-6-14-20-15(18)11(2)16(21-14)19-10-9-12-7-4-5-8-13(12)17/h4-5,7-8H,3,6,9-10H2,1-2H3,(H3,18,19,20,21). The minimum atomic E-state index is -0.176. The molecule has 0 aliphatic heterocycles. The molecule has 112 valence electrons. The third-order valence-electron chi connectivity index (χ3n) is 3.35. The molecule has 2 aromatic rings. The zero-order valence-electron chi connectivity index (χ0n) is 12.5. The van der Waals surface area contributed by atoms with Crippen LogP contribution in [0.4, 0.5) is 16.0 Å². The quantitative estimate of drug-likeness (QED) is 0.857. The number of hydrogen-bond acceptors (Lipinski definition) is 4. The van der Waals surface area contributed by atoms with Gasteiger partial charge in [-0.05, 0) is 31.4 Å². The first-order valence-electron chi connectivity index (χ1n) is 7.22. The third kappa shape index (κ3) is 3.90. The van der Waals surface area contributed by atoms with E-state index in [-0.39, 0.29) is 5.82 Å². The predicted octanol–water partition coefficient (Wildman–Crippen LogP) is 3.11. The molecular weight excluding hydrogens is 267 g/mol. The van der Waals surface area contributed by atoms with Crippen molar-refractivity contribution >= 4 is 11.6 Å². The van der Waals surface area contributed by atoms with Gasteiger partial charge in [0.05, 0.1) is 0 Å². The first-order valence-corrected chi connectivity index (χ1v) is 7.22. The van der Waals surface area contributed by atoms with Crippen LogP contribution in [0.1, 0.15) is 30.3 Å². The molecule has 0 bridgehead atoms. The molecule has 0 spiro atoms. The number of nitrogens with zero attached hydrogens (tertiary/aromatic N) is 2. The number of anilines is 2. The van der Waals surface area contributed by atoms with Crippen LogP contribution in [-0.4, -0.2) is 16.5 Å². The summed E-state index contributed by atoms with van der Waals surface area (Å²) in [5.41, 5.74) is 7.44. The fourth-order valence-electron chi connectivity index (χ4n) is 2.11. The van der Waals surface area contributed by atoms with Crippen molar-refractivity contribution in [2.24, 2.45) is 0 Å². The molecule has 0 unspecified atom stereocenters. The predicted molar refractivity (Wildman–Crippen MR) is 83.8 cm³/mol. The minimum Gasteiger partial charge on any atom is -0.383 e. The summed E-state index contributed by atoms with van der Waals surface area (Å²) in [6.45, 7) is 4.56. The maximum Gasteiger partial charge on any atom is 0.134 e. The molecule has 4 nitrogen and oxygen atoms in total. The topological polar surface area (TPSA) is 63.8 Å². The summed E-state index contributed by atoms with van der Waals surface area (Å²) in [5.74, 6) is 1.81. The minimum absolute atomic E-state index is 0.176. The van der Waals surface area contributed by atoms with Gasteiger partial charge in [0.1, 0.15) is 23.3 Å². The van der Waals surface area contributed by atoms with Gasteiger partial charge in [-0.1, -0.05) is 25.1 Å². The van der Waals surface area contributed by atoms with Gasteiger partial charge < -0.3 is 11.1 Å². The van der Waals surface area contributed by atoms with Crippen molar-refractivity contribution < 1.29 is 4.39 Å². The Labute approximate surface area is 124 Å². The maximum atomic E-state index is 13.5. The van der Waals surface area contributed by atoms with Crippen molar-refractivity contribution in [3.63, 3.8) is 0 Å². The fraction of sp³-hybridized carbons (Fsp3) is 0.375. The summed E-state index contributed by atoms with van der Waals surface area (Å²) >= 11 is 0. The molecule has 0 atom stereocenters. The van der Waals surface area contributed by atoms with Crippen LogP contribution in [0.3, 0.4) is 0 Å². The Hall–Kier alpha value is -2.17. The molecule has 0 saturated heterocycles. The van der Waals surface area contributed by atoms with Crippen molar-refractivity contribution in [3.8, 4) is 0 Å². The van der Waals surface area contributed by atoms with E-state index in [0.717, 1.165) is 30.0 Å². The lowest BCUT2D eigenvalue weighted by atomic mass is 10.1. The second-order valence-electron chi connectivity index (χ2n) is 5.02. The number of aryl methyl sites for hydroxylation is 1. The highest BCUT2D eigenvalue weighted by Gasteiger charge is 2.08. The van der Waals surface area contributed by atoms with Crippen molar-refractivity contribution in [2.75, 3.05) is 17.6 Å². The molecule has 0 aliphatic rings. The molecule has 21 heavy (non-hydrogen) atoms. The highest BCUT2D eigenvalue weighted by atomic mass is 19.1. The van der Waals surface area contributed by atoms with E-state index >= 15 is 0 Å². The van der Waals surface area contributed by atoms with Gasteiger partial charge in [-0.3, -0.25) is 0 Å². The molecule has 1 aromatic carbocycles. The number of nitrogen functional groups attached to an aromatic ring is 1. The van der Waals surface area contributed by atoms with Gasteiger partial charge in [-0.2, -0.15) is 0 Å². The molecule has 0 amide bonds. The summed E-state index contributed by atoms with van der Waals surface area (Å²) < 4.78 is 13.5. The van der Waals surface area contributed by atoms with Crippen LogP contribution in [0.15, 0.2) is 24.3 Å². The van der Waals surface area contributed by atoms with Crippen LogP contribution in [-0.2, 0) is 12.8 Å². The van der Waals surface area contributed by atoms with Crippen LogP contribution >= 0.6 is 0 Å². The Morgan fingerprint density at radius 3 is 2.67 bits per heavy atom. The fourth-order valence-corrected chi connectivity index (χ4v) is 2.11. The molecule has 1 aromatic heterocycles. The zero-order valence-corrected chi connectivity index (χ0v) is 12.5. The number of benzene rings is 1. The van der Waals surface area contributed by atoms with Crippen molar-refractivity contribution in [2.45, 2.75) is 33.1 Å². The second-order valence-corrected chi connectivity index (χ2v) is 5.02. The van der Waals surface area contributed by atoms with E-state index in [0.29, 0.717) is 24.3 Å². The van der Waals surface area contributed by atoms with Gasteiger partial charge in [0.25, 0.3) is 0 Å². The lowest BCUT2D eigenvalue weighted by Gasteiger charge is -2.12. The summed E-state index contributed by atoms with van der Waals surface area (Å²) in [5, 5.41) is 3.23. The van der Waals surface area contributed by atoms with Gasteiger partial charge in [0.15, 0.2) is 0 Å². The average molecular weight is 288 g/mol. The van der Waals surface area contributed by atoms with E-state index in [4.69, 9.17) is 5.73 Å². The molecule has 0 fully saturated rings. The largest absolute Gasteiger partial charge is 0.383 e. The summed E-state index contributed by atoms with van der Waals surface area (Å²) in [6.07, 6.45) is 2.36. The van der Waals surface area contributed by atoms with Crippen molar-refractivity contribution in [1.82, 2.24) is 9.97 Å². The monoisotopic (exact) mass is 288 g/mol. The summed E-state index contributed by atoms with van der Waals surface area (Å²) in [6, 6.07) is 6.80. The van der Waals surface area contributed by atoms with E-state index in [1.165, 1.54) is 6.07 Å². The van der Waals surface area contributed by atoms with Crippen molar-refractivity contribution in [3.05, 3.63) is 47.0 Å². The van der Waals surface area contributed by atoms with Crippen LogP contribution in [0.25, 0.3) is 0 Å². The molecule has 5 heteroatoms. The molecule has 0 aliphatic carbocycles. The normalized spacial score (nSPS) is 10.6. The number of rotatable bonds is 6. The van der Waals surface area contributed by atoms with Crippen molar-refractivity contribution in [1.29, 1.82) is 0 Å². The van der Waals surface area contributed by atoms with E-state index < -0.39 is 0 Å². The number of aromatic nitrogens is 2. The van der Waals surface area contributed by atoms with Gasteiger partial charge in [-0.25, -0.2) is 14.4 Å². The number of nitrogens with two attached hydrogens (primary N) is 1. The lowest BCUT2D eigenvalue weighted by molar-refractivity contribution is 0.610. The van der Waals surface area contributed by atoms with Crippen LogP contribution in [0.2, 0.25) is 0 Å². The first-order chi connectivity index (χ1) is 10.1. The second kappa shape index (κ2) is 7.02. The first kappa shape index (κ1) is 15.2. The molecule has 1 heterocycles. The molecule has 0 saturated carbocycles. The highest BCUT2D eigenvalue weighted by molar-refractivity contribution is 5.54. The average Bonchev–Trinajstić information content (AvgIpc) is 2.46. The van der Waals surface area contributed by atoms with Gasteiger partial charge in [0, 0.05) is 18.5 Å². The number of nitrogens with one attached hydrogen (secondary N) is 1. The van der Waals surface area contributed by atoms with Crippen LogP contribution < -0.4 is 11.1 Å². The molecular formula is C16H21FN4. The summed E-state index contributed by atoms with van der Waals surface area (Å²) in [4.78, 5) is 8.75. The maximum absolute atomic E-state index is 13.5. The van der Waals surface area contributed by atoms with Gasteiger partial charge in [0.2, 0.25) is 0 Å². The van der Waals surface area contributed by atoms with Crippen LogP contribution in [0, 0.1) is 12.7 Å². The highest BCUT2D eigenvalue weighted by Crippen LogP contribution is 2.18. The Kier molecular flexibility index (Phi) is 5.09.